The first kappa shape index (κ1) is 9.64. The van der Waals surface area contributed by atoms with E-state index in [4.69, 9.17) is 10.2 Å². The van der Waals surface area contributed by atoms with Gasteiger partial charge in [-0.1, -0.05) is 0 Å². The summed E-state index contributed by atoms with van der Waals surface area (Å²) in [6.45, 7) is 0. The third-order valence-corrected chi connectivity index (χ3v) is 1.04. The van der Waals surface area contributed by atoms with E-state index in [1.165, 1.54) is 5.48 Å². The van der Waals surface area contributed by atoms with Crippen molar-refractivity contribution in [1.29, 1.82) is 5.26 Å². The molecule has 10 heteroatoms. The lowest BCUT2D eigenvalue weighted by Gasteiger charge is -2.04. The van der Waals surface area contributed by atoms with Crippen LogP contribution < -0.4 is 5.48 Å². The van der Waals surface area contributed by atoms with E-state index in [2.05, 4.69) is 9.25 Å². The molecule has 0 fully saturated rings. The van der Waals surface area contributed by atoms with Crippen LogP contribution >= 0.6 is 7.82 Å². The molecule has 11 heavy (non-hydrogen) atoms. The Bertz CT molecular complexity index is 230. The average Bonchev–Trinajstić information content (AvgIpc) is 1.81. The molecule has 9 nitrogen and oxygen atoms in total. The fourth-order valence-electron chi connectivity index (χ4n) is 0.179. The highest BCUT2D eigenvalue weighted by Crippen LogP contribution is 2.41. The van der Waals surface area contributed by atoms with E-state index < -0.39 is 12.9 Å². The minimum atomic E-state index is -4.80. The van der Waals surface area contributed by atoms with Gasteiger partial charge < -0.3 is 4.89 Å². The van der Waals surface area contributed by atoms with Gasteiger partial charge in [-0.25, -0.2) is 4.57 Å². The number of hydrogen-bond donors (Lipinski definition) is 2. The fourth-order valence-corrected chi connectivity index (χ4v) is 0.537. The molecule has 0 aliphatic heterocycles. The molecule has 1 atom stereocenters. The van der Waals surface area contributed by atoms with E-state index in [1.54, 1.807) is 0 Å². The predicted molar refractivity (Wildman–Crippen MR) is 27.7 cm³/mol. The number of phosphoric acid groups is 1. The van der Waals surface area contributed by atoms with Gasteiger partial charge in [0.25, 0.3) is 0 Å². The van der Waals surface area contributed by atoms with Crippen LogP contribution in [-0.4, -0.2) is 9.98 Å². The third-order valence-electron chi connectivity index (χ3n) is 0.376. The summed E-state index contributed by atoms with van der Waals surface area (Å²) in [5.41, 5.74) is 1.26. The molecule has 0 saturated carbocycles. The monoisotopic (exact) mass is 183 g/mol. The first-order chi connectivity index (χ1) is 4.98. The SMILES string of the molecule is N#CNOP(=O)(O)O[N+](=O)[O-]. The normalized spacial score (nSPS) is 14.2. The Kier molecular flexibility index (Phi) is 3.26. The largest absolute Gasteiger partial charge is 0.525 e. The van der Waals surface area contributed by atoms with E-state index in [0.29, 0.717) is 0 Å². The summed E-state index contributed by atoms with van der Waals surface area (Å²) in [6, 6.07) is 0. The maximum atomic E-state index is 10.2. The van der Waals surface area contributed by atoms with Crippen LogP contribution in [0, 0.1) is 21.6 Å². The van der Waals surface area contributed by atoms with Gasteiger partial charge in [-0.05, 0) is 0 Å². The number of rotatable bonds is 4. The molecule has 0 aliphatic carbocycles. The second-order valence-electron chi connectivity index (χ2n) is 1.08. The molecule has 0 bridgehead atoms. The second-order valence-corrected chi connectivity index (χ2v) is 2.36. The fraction of sp³-hybridized carbons (Fsp3) is 0. The summed E-state index contributed by atoms with van der Waals surface area (Å²) in [6.07, 6.45) is 1.09. The van der Waals surface area contributed by atoms with Gasteiger partial charge in [0.15, 0.2) is 0 Å². The molecule has 0 aromatic carbocycles. The second kappa shape index (κ2) is 3.72. The molecule has 0 heterocycles. The van der Waals surface area contributed by atoms with Crippen LogP contribution in [0.2, 0.25) is 0 Å². The van der Waals surface area contributed by atoms with Crippen molar-refractivity contribution in [2.75, 3.05) is 0 Å². The molecule has 0 saturated heterocycles. The van der Waals surface area contributed by atoms with E-state index in [9.17, 15) is 14.7 Å². The van der Waals surface area contributed by atoms with Crippen LogP contribution in [0.1, 0.15) is 0 Å². The molecule has 0 aromatic heterocycles. The molecule has 0 amide bonds. The van der Waals surface area contributed by atoms with Crippen molar-refractivity contribution in [3.63, 3.8) is 0 Å². The van der Waals surface area contributed by atoms with Crippen molar-refractivity contribution in [3.05, 3.63) is 10.1 Å². The molecular weight excluding hydrogens is 181 g/mol. The van der Waals surface area contributed by atoms with Crippen molar-refractivity contribution >= 4 is 7.82 Å². The third kappa shape index (κ3) is 5.10. The number of hydroxylamine groups is 1. The summed E-state index contributed by atoms with van der Waals surface area (Å²) in [5, 5.41) is 15.6. The smallest absolute Gasteiger partial charge is 0.303 e. The van der Waals surface area contributed by atoms with Gasteiger partial charge >= 0.3 is 12.9 Å². The first-order valence-corrected chi connectivity index (χ1v) is 3.47. The van der Waals surface area contributed by atoms with Gasteiger partial charge in [-0.3, -0.25) is 0 Å². The van der Waals surface area contributed by atoms with Crippen LogP contribution in [0.3, 0.4) is 0 Å². The highest BCUT2D eigenvalue weighted by Gasteiger charge is 2.25. The van der Waals surface area contributed by atoms with Gasteiger partial charge in [-0.15, -0.1) is 10.1 Å². The van der Waals surface area contributed by atoms with Crippen molar-refractivity contribution in [2.45, 2.75) is 0 Å². The zero-order chi connectivity index (χ0) is 8.91. The first-order valence-electron chi connectivity index (χ1n) is 1.97. The Morgan fingerprint density at radius 1 is 1.82 bits per heavy atom. The van der Waals surface area contributed by atoms with Crippen LogP contribution in [-0.2, 0) is 13.8 Å². The molecule has 0 radical (unpaired) electrons. The minimum Gasteiger partial charge on any atom is -0.303 e. The van der Waals surface area contributed by atoms with E-state index in [-0.39, 0.29) is 0 Å². The summed E-state index contributed by atoms with van der Waals surface area (Å²) in [5.74, 6) is 0. The van der Waals surface area contributed by atoms with E-state index >= 15 is 0 Å². The Labute approximate surface area is 59.8 Å². The quantitative estimate of drug-likeness (QED) is 0.192. The van der Waals surface area contributed by atoms with E-state index in [1.807, 2.05) is 0 Å². The molecule has 1 unspecified atom stereocenters. The van der Waals surface area contributed by atoms with Gasteiger partial charge in [0.05, 0.1) is 0 Å². The maximum Gasteiger partial charge on any atom is 0.525 e. The highest BCUT2D eigenvalue weighted by atomic mass is 31.2. The van der Waals surface area contributed by atoms with Crippen LogP contribution in [0.4, 0.5) is 0 Å². The number of nitrogens with one attached hydrogen (secondary N) is 1. The van der Waals surface area contributed by atoms with Crippen molar-refractivity contribution in [1.82, 2.24) is 5.48 Å². The highest BCUT2D eigenvalue weighted by molar-refractivity contribution is 7.47. The van der Waals surface area contributed by atoms with Gasteiger partial charge in [0.1, 0.15) is 0 Å². The number of hydrogen-bond acceptors (Lipinski definition) is 7. The van der Waals surface area contributed by atoms with Gasteiger partial charge in [-0.2, -0.15) is 20.0 Å². The van der Waals surface area contributed by atoms with E-state index in [0.717, 1.165) is 6.19 Å². The average molecular weight is 183 g/mol. The Balaban J connectivity index is 3.93. The number of nitrogens with zero attached hydrogens (tertiary/aromatic N) is 2. The lowest BCUT2D eigenvalue weighted by atomic mass is 11.5. The van der Waals surface area contributed by atoms with Crippen molar-refractivity contribution in [3.8, 4) is 6.19 Å². The summed E-state index contributed by atoms with van der Waals surface area (Å²) >= 11 is 0. The molecule has 62 valence electrons. The topological polar surface area (TPSA) is 135 Å². The molecule has 0 aliphatic rings. The van der Waals surface area contributed by atoms with Crippen molar-refractivity contribution in [2.24, 2.45) is 0 Å². The lowest BCUT2D eigenvalue weighted by Crippen LogP contribution is -2.08. The lowest BCUT2D eigenvalue weighted by molar-refractivity contribution is -0.718. The Hall–Kier alpha value is -1.36. The van der Waals surface area contributed by atoms with Crippen LogP contribution in [0.25, 0.3) is 0 Å². The zero-order valence-electron chi connectivity index (χ0n) is 4.83. The Morgan fingerprint density at radius 3 is 2.73 bits per heavy atom. The molecule has 2 N–H and O–H groups in total. The number of nitriles is 1. The van der Waals surface area contributed by atoms with Gasteiger partial charge in [0, 0.05) is 0 Å². The van der Waals surface area contributed by atoms with Crippen molar-refractivity contribution < 1.29 is 23.8 Å². The maximum absolute atomic E-state index is 10.2. The Morgan fingerprint density at radius 2 is 2.36 bits per heavy atom. The molecule has 0 rings (SSSR count). The molecular formula is CH2N3O6P. The molecule has 0 spiro atoms. The predicted octanol–water partition coefficient (Wildman–Crippen LogP) is -0.703. The summed E-state index contributed by atoms with van der Waals surface area (Å²) in [7, 11) is -4.80. The van der Waals surface area contributed by atoms with Crippen LogP contribution in [0.5, 0.6) is 0 Å². The standard InChI is InChI=1S/CH2N3O6P/c2-1-3-9-11(7,8)10-4(5)6/h3H,(H,7,8). The zero-order valence-corrected chi connectivity index (χ0v) is 5.72. The summed E-state index contributed by atoms with van der Waals surface area (Å²) in [4.78, 5) is 17.7. The van der Waals surface area contributed by atoms with Crippen LogP contribution in [0.15, 0.2) is 0 Å². The minimum absolute atomic E-state index is 1.09. The summed E-state index contributed by atoms with van der Waals surface area (Å²) < 4.78 is 16.9. The molecule has 0 aromatic rings. The van der Waals surface area contributed by atoms with Gasteiger partial charge in [0.2, 0.25) is 6.19 Å².